The van der Waals surface area contributed by atoms with Crippen LogP contribution in [-0.4, -0.2) is 0 Å². The molecule has 15 heavy (non-hydrogen) atoms. The molecule has 0 heterocycles. The Bertz CT molecular complexity index is 366. The monoisotopic (exact) mass is 203 g/mol. The van der Waals surface area contributed by atoms with Gasteiger partial charge in [0.05, 0.1) is 0 Å². The Hall–Kier alpha value is -0.820. The molecule has 2 rings (SSSR count). The van der Waals surface area contributed by atoms with Gasteiger partial charge in [-0.3, -0.25) is 0 Å². The summed E-state index contributed by atoms with van der Waals surface area (Å²) in [6, 6.07) is 7.11. The van der Waals surface area contributed by atoms with Gasteiger partial charge in [-0.1, -0.05) is 45.4 Å². The summed E-state index contributed by atoms with van der Waals surface area (Å²) >= 11 is 0. The predicted molar refractivity (Wildman–Crippen MR) is 65.0 cm³/mol. The van der Waals surface area contributed by atoms with E-state index in [0.717, 1.165) is 6.42 Å². The molecule has 0 aliphatic heterocycles. The van der Waals surface area contributed by atoms with Crippen LogP contribution >= 0.6 is 0 Å². The third-order valence-electron chi connectivity index (χ3n) is 3.51. The minimum atomic E-state index is 0.242. The van der Waals surface area contributed by atoms with Gasteiger partial charge >= 0.3 is 0 Å². The van der Waals surface area contributed by atoms with Crippen molar-refractivity contribution in [1.29, 1.82) is 0 Å². The Morgan fingerprint density at radius 1 is 1.40 bits per heavy atom. The van der Waals surface area contributed by atoms with Crippen molar-refractivity contribution in [3.63, 3.8) is 0 Å². The van der Waals surface area contributed by atoms with Gasteiger partial charge in [0.15, 0.2) is 0 Å². The summed E-state index contributed by atoms with van der Waals surface area (Å²) in [5.74, 6) is 0. The van der Waals surface area contributed by atoms with E-state index >= 15 is 0 Å². The summed E-state index contributed by atoms with van der Waals surface area (Å²) in [4.78, 5) is 0. The molecule has 1 atom stereocenters. The van der Waals surface area contributed by atoms with Crippen LogP contribution in [0.4, 0.5) is 0 Å². The fourth-order valence-electron chi connectivity index (χ4n) is 2.75. The zero-order chi connectivity index (χ0) is 11.1. The van der Waals surface area contributed by atoms with Crippen molar-refractivity contribution >= 4 is 0 Å². The third kappa shape index (κ3) is 1.81. The molecule has 2 N–H and O–H groups in total. The van der Waals surface area contributed by atoms with Crippen LogP contribution in [0.2, 0.25) is 0 Å². The largest absolute Gasteiger partial charge is 0.324 e. The van der Waals surface area contributed by atoms with Crippen LogP contribution in [0.15, 0.2) is 18.2 Å². The molecule has 1 unspecified atom stereocenters. The number of rotatable bonds is 2. The molecule has 82 valence electrons. The summed E-state index contributed by atoms with van der Waals surface area (Å²) in [5.41, 5.74) is 10.7. The Morgan fingerprint density at radius 3 is 2.80 bits per heavy atom. The van der Waals surface area contributed by atoms with E-state index in [1.807, 2.05) is 0 Å². The second-order valence-corrected chi connectivity index (χ2v) is 5.37. The molecule has 0 spiro atoms. The van der Waals surface area contributed by atoms with E-state index in [-0.39, 0.29) is 11.5 Å². The van der Waals surface area contributed by atoms with Crippen LogP contribution in [0.3, 0.4) is 0 Å². The number of hydrogen-bond donors (Lipinski definition) is 1. The maximum atomic E-state index is 6.19. The summed E-state index contributed by atoms with van der Waals surface area (Å²) in [5, 5.41) is 0. The van der Waals surface area contributed by atoms with Gasteiger partial charge in [0.2, 0.25) is 0 Å². The highest BCUT2D eigenvalue weighted by Gasteiger charge is 2.34. The lowest BCUT2D eigenvalue weighted by atomic mass is 9.86. The molecule has 1 heteroatoms. The van der Waals surface area contributed by atoms with Gasteiger partial charge in [-0.25, -0.2) is 0 Å². The third-order valence-corrected chi connectivity index (χ3v) is 3.51. The highest BCUT2D eigenvalue weighted by Crippen LogP contribution is 2.43. The number of fused-ring (bicyclic) bond motifs is 1. The van der Waals surface area contributed by atoms with Crippen molar-refractivity contribution in [3.05, 3.63) is 34.9 Å². The van der Waals surface area contributed by atoms with E-state index in [1.54, 1.807) is 0 Å². The van der Waals surface area contributed by atoms with Crippen LogP contribution in [0.1, 0.15) is 56.3 Å². The molecular formula is C14H21N. The Labute approximate surface area is 92.7 Å². The van der Waals surface area contributed by atoms with Crippen molar-refractivity contribution in [2.75, 3.05) is 0 Å². The normalized spacial score (nSPS) is 22.8. The lowest BCUT2D eigenvalue weighted by molar-refractivity contribution is 0.481. The second kappa shape index (κ2) is 3.64. The summed E-state index contributed by atoms with van der Waals surface area (Å²) < 4.78 is 0. The highest BCUT2D eigenvalue weighted by molar-refractivity contribution is 5.43. The molecule has 0 fully saturated rings. The molecule has 0 bridgehead atoms. The number of aryl methyl sites for hydroxylation is 1. The van der Waals surface area contributed by atoms with Crippen molar-refractivity contribution < 1.29 is 0 Å². The van der Waals surface area contributed by atoms with Gasteiger partial charge in [-0.05, 0) is 34.9 Å². The average molecular weight is 203 g/mol. The van der Waals surface area contributed by atoms with Gasteiger partial charge in [-0.2, -0.15) is 0 Å². The standard InChI is InChI=1S/C14H21N/c1-4-5-10-6-7-12-11(8-10)13(15)9-14(12,2)3/h6-8,13H,4-5,9,15H2,1-3H3. The quantitative estimate of drug-likeness (QED) is 0.784. The molecule has 0 saturated carbocycles. The van der Waals surface area contributed by atoms with Gasteiger partial charge < -0.3 is 5.73 Å². The first-order valence-electron chi connectivity index (χ1n) is 5.93. The number of hydrogen-bond acceptors (Lipinski definition) is 1. The van der Waals surface area contributed by atoms with E-state index < -0.39 is 0 Å². The van der Waals surface area contributed by atoms with E-state index in [9.17, 15) is 0 Å². The maximum absolute atomic E-state index is 6.19. The Morgan fingerprint density at radius 2 is 2.13 bits per heavy atom. The minimum absolute atomic E-state index is 0.242. The Kier molecular flexibility index (Phi) is 2.59. The molecule has 1 aliphatic carbocycles. The highest BCUT2D eigenvalue weighted by atomic mass is 14.7. The van der Waals surface area contributed by atoms with Crippen molar-refractivity contribution in [3.8, 4) is 0 Å². The van der Waals surface area contributed by atoms with Gasteiger partial charge in [0, 0.05) is 6.04 Å². The van der Waals surface area contributed by atoms with Crippen LogP contribution in [0.5, 0.6) is 0 Å². The van der Waals surface area contributed by atoms with Crippen molar-refractivity contribution in [2.24, 2.45) is 5.73 Å². The molecule has 0 amide bonds. The maximum Gasteiger partial charge on any atom is 0.0306 e. The van der Waals surface area contributed by atoms with Crippen molar-refractivity contribution in [2.45, 2.75) is 51.5 Å². The summed E-state index contributed by atoms with van der Waals surface area (Å²) in [6.07, 6.45) is 3.45. The van der Waals surface area contributed by atoms with Gasteiger partial charge in [0.25, 0.3) is 0 Å². The van der Waals surface area contributed by atoms with Crippen LogP contribution in [0.25, 0.3) is 0 Å². The lowest BCUT2D eigenvalue weighted by Crippen LogP contribution is -2.14. The zero-order valence-corrected chi connectivity index (χ0v) is 10.0. The summed E-state index contributed by atoms with van der Waals surface area (Å²) in [6.45, 7) is 6.80. The fraction of sp³-hybridized carbons (Fsp3) is 0.571. The second-order valence-electron chi connectivity index (χ2n) is 5.37. The number of benzene rings is 1. The number of nitrogens with two attached hydrogens (primary N) is 1. The molecule has 1 aliphatic rings. The topological polar surface area (TPSA) is 26.0 Å². The molecular weight excluding hydrogens is 182 g/mol. The zero-order valence-electron chi connectivity index (χ0n) is 10.0. The van der Waals surface area contributed by atoms with E-state index in [4.69, 9.17) is 5.73 Å². The average Bonchev–Trinajstić information content (AvgIpc) is 2.38. The molecule has 1 aromatic carbocycles. The minimum Gasteiger partial charge on any atom is -0.324 e. The van der Waals surface area contributed by atoms with E-state index in [1.165, 1.54) is 29.5 Å². The smallest absolute Gasteiger partial charge is 0.0306 e. The molecule has 0 aromatic heterocycles. The van der Waals surface area contributed by atoms with Crippen molar-refractivity contribution in [1.82, 2.24) is 0 Å². The molecule has 0 saturated heterocycles. The SMILES string of the molecule is CCCc1ccc2c(c1)C(N)CC2(C)C. The Balaban J connectivity index is 2.41. The fourth-order valence-corrected chi connectivity index (χ4v) is 2.75. The van der Waals surface area contributed by atoms with Gasteiger partial charge in [-0.15, -0.1) is 0 Å². The first-order chi connectivity index (χ1) is 7.04. The molecule has 0 radical (unpaired) electrons. The first kappa shape index (κ1) is 10.7. The van der Waals surface area contributed by atoms with E-state index in [0.29, 0.717) is 0 Å². The predicted octanol–water partition coefficient (Wildman–Crippen LogP) is 3.32. The van der Waals surface area contributed by atoms with E-state index in [2.05, 4.69) is 39.0 Å². The molecule has 1 aromatic rings. The first-order valence-corrected chi connectivity index (χ1v) is 5.93. The van der Waals surface area contributed by atoms with Crippen LogP contribution < -0.4 is 5.73 Å². The summed E-state index contributed by atoms with van der Waals surface area (Å²) in [7, 11) is 0. The lowest BCUT2D eigenvalue weighted by Gasteiger charge is -2.18. The van der Waals surface area contributed by atoms with Gasteiger partial charge in [0.1, 0.15) is 0 Å². The van der Waals surface area contributed by atoms with Crippen LogP contribution in [-0.2, 0) is 11.8 Å². The molecule has 1 nitrogen and oxygen atoms in total. The van der Waals surface area contributed by atoms with Crippen LogP contribution in [0, 0.1) is 0 Å².